The number of hydrogen-bond acceptors (Lipinski definition) is 2. The summed E-state index contributed by atoms with van der Waals surface area (Å²) < 4.78 is 2.65. The molecule has 4 heterocycles. The largest absolute Gasteiger partial charge is 0.335 e. The zero-order valence-corrected chi connectivity index (χ0v) is 32.9. The SMILES string of the molecule is Cc1c(-c2ccccc2)n2c3c(cccc13)B1c3cc(C(C)(C)C)cc4c3N(c3cc(N(c5ccccc5)c5ccccc5)cc-2c31)C1(C)CCCCC41C. The summed E-state index contributed by atoms with van der Waals surface area (Å²) in [4.78, 5) is 5.35. The maximum absolute atomic E-state index is 2.87. The molecule has 0 saturated heterocycles. The van der Waals surface area contributed by atoms with E-state index >= 15 is 0 Å². The number of benzene rings is 6. The first-order valence-electron chi connectivity index (χ1n) is 20.4. The van der Waals surface area contributed by atoms with Crippen LogP contribution in [0.3, 0.4) is 0 Å². The fourth-order valence-corrected chi connectivity index (χ4v) is 11.3. The molecule has 0 bridgehead atoms. The molecule has 1 aromatic heterocycles. The summed E-state index contributed by atoms with van der Waals surface area (Å²) in [6.07, 6.45) is 4.91. The van der Waals surface area contributed by atoms with Crippen molar-refractivity contribution in [1.29, 1.82) is 0 Å². The second-order valence-corrected chi connectivity index (χ2v) is 18.1. The van der Waals surface area contributed by atoms with Gasteiger partial charge in [0.05, 0.1) is 16.9 Å². The first-order valence-corrected chi connectivity index (χ1v) is 20.4. The monoisotopic (exact) mass is 713 g/mol. The third kappa shape index (κ3) is 4.29. The van der Waals surface area contributed by atoms with E-state index < -0.39 is 0 Å². The number of aromatic nitrogens is 1. The summed E-state index contributed by atoms with van der Waals surface area (Å²) in [5.74, 6) is 0. The predicted molar refractivity (Wildman–Crippen MR) is 234 cm³/mol. The molecule has 6 aromatic carbocycles. The lowest BCUT2D eigenvalue weighted by atomic mass is 9.33. The summed E-state index contributed by atoms with van der Waals surface area (Å²) in [7, 11) is 0. The molecule has 3 nitrogen and oxygen atoms in total. The van der Waals surface area contributed by atoms with Crippen LogP contribution in [-0.2, 0) is 10.8 Å². The van der Waals surface area contributed by atoms with E-state index in [1.54, 1.807) is 5.56 Å². The average molecular weight is 714 g/mol. The molecular formula is C51H48BN3. The molecule has 0 amide bonds. The lowest BCUT2D eigenvalue weighted by molar-refractivity contribution is 0.195. The van der Waals surface area contributed by atoms with Gasteiger partial charge in [-0.25, -0.2) is 0 Å². The number of rotatable bonds is 4. The molecule has 7 aromatic rings. The molecule has 11 rings (SSSR count). The second-order valence-electron chi connectivity index (χ2n) is 18.1. The van der Waals surface area contributed by atoms with Crippen molar-refractivity contribution in [3.63, 3.8) is 0 Å². The van der Waals surface area contributed by atoms with Crippen LogP contribution in [0.15, 0.2) is 133 Å². The van der Waals surface area contributed by atoms with Gasteiger partial charge in [-0.15, -0.1) is 0 Å². The maximum atomic E-state index is 2.87. The zero-order chi connectivity index (χ0) is 37.4. The van der Waals surface area contributed by atoms with Crippen LogP contribution in [0.2, 0.25) is 0 Å². The Bertz CT molecular complexity index is 2650. The van der Waals surface area contributed by atoms with Gasteiger partial charge < -0.3 is 14.4 Å². The van der Waals surface area contributed by atoms with Crippen LogP contribution in [0.5, 0.6) is 0 Å². The quantitative estimate of drug-likeness (QED) is 0.168. The fourth-order valence-electron chi connectivity index (χ4n) is 11.3. The number of hydrogen-bond donors (Lipinski definition) is 0. The van der Waals surface area contributed by atoms with Crippen LogP contribution >= 0.6 is 0 Å². The molecule has 4 aliphatic rings. The van der Waals surface area contributed by atoms with Crippen molar-refractivity contribution in [3.05, 3.63) is 150 Å². The highest BCUT2D eigenvalue weighted by Gasteiger charge is 2.61. The topological polar surface area (TPSA) is 11.4 Å². The van der Waals surface area contributed by atoms with Gasteiger partial charge in [0.15, 0.2) is 0 Å². The highest BCUT2D eigenvalue weighted by Crippen LogP contribution is 2.62. The molecule has 0 radical (unpaired) electrons. The van der Waals surface area contributed by atoms with Crippen LogP contribution in [-0.4, -0.2) is 16.8 Å². The lowest BCUT2D eigenvalue weighted by Gasteiger charge is -2.52. The third-order valence-corrected chi connectivity index (χ3v) is 14.2. The predicted octanol–water partition coefficient (Wildman–Crippen LogP) is 11.3. The van der Waals surface area contributed by atoms with Gasteiger partial charge >= 0.3 is 0 Å². The molecule has 2 unspecified atom stereocenters. The smallest absolute Gasteiger partial charge is 0.252 e. The van der Waals surface area contributed by atoms with Crippen LogP contribution in [0.1, 0.15) is 77.0 Å². The normalized spacial score (nSPS) is 20.3. The number of nitrogens with zero attached hydrogens (tertiary/aromatic N) is 3. The van der Waals surface area contributed by atoms with E-state index in [9.17, 15) is 0 Å². The number of anilines is 5. The standard InChI is InChI=1S/C51H48BN3/c1-33-39-25-18-26-41-47(39)54(46(33)34-19-10-7-11-20-34)43-31-38(53(36-21-12-8-13-22-36)37-23-14-9-15-24-37)32-44-45(43)52(41)42-30-35(49(2,3)4)29-40-48(42)55(44)51(6)28-17-16-27-50(40,51)5/h7-15,18-26,29-32H,16-17,27-28H2,1-6H3. The minimum atomic E-state index is -0.0678. The van der Waals surface area contributed by atoms with Crippen molar-refractivity contribution in [2.45, 2.75) is 83.6 Å². The Kier molecular flexibility index (Phi) is 6.76. The van der Waals surface area contributed by atoms with Crippen molar-refractivity contribution in [3.8, 4) is 16.9 Å². The molecule has 55 heavy (non-hydrogen) atoms. The van der Waals surface area contributed by atoms with E-state index in [4.69, 9.17) is 0 Å². The summed E-state index contributed by atoms with van der Waals surface area (Å²) in [6, 6.07) is 50.4. The molecule has 3 aliphatic heterocycles. The highest BCUT2D eigenvalue weighted by molar-refractivity contribution is 7.00. The fraction of sp³-hybridized carbons (Fsp3) is 0.255. The molecule has 2 atom stereocenters. The Balaban J connectivity index is 1.33. The summed E-state index contributed by atoms with van der Waals surface area (Å²) in [6.45, 7) is 14.9. The van der Waals surface area contributed by atoms with E-state index in [0.29, 0.717) is 0 Å². The zero-order valence-electron chi connectivity index (χ0n) is 32.9. The van der Waals surface area contributed by atoms with E-state index in [0.717, 1.165) is 11.4 Å². The molecule has 4 heteroatoms. The van der Waals surface area contributed by atoms with Gasteiger partial charge in [-0.1, -0.05) is 138 Å². The van der Waals surface area contributed by atoms with Gasteiger partial charge in [-0.2, -0.15) is 0 Å². The van der Waals surface area contributed by atoms with Crippen molar-refractivity contribution >= 4 is 62.4 Å². The molecule has 0 spiro atoms. The number of para-hydroxylation sites is 3. The van der Waals surface area contributed by atoms with Crippen molar-refractivity contribution in [2.24, 2.45) is 0 Å². The Morgan fingerprint density at radius 2 is 1.29 bits per heavy atom. The van der Waals surface area contributed by atoms with Gasteiger partial charge in [0, 0.05) is 44.8 Å². The van der Waals surface area contributed by atoms with Crippen molar-refractivity contribution in [2.75, 3.05) is 9.80 Å². The molecular weight excluding hydrogens is 665 g/mol. The van der Waals surface area contributed by atoms with Crippen molar-refractivity contribution in [1.82, 2.24) is 4.57 Å². The highest BCUT2D eigenvalue weighted by atomic mass is 15.3. The molecule has 1 fully saturated rings. The lowest BCUT2D eigenvalue weighted by Crippen LogP contribution is -2.64. The van der Waals surface area contributed by atoms with Crippen LogP contribution in [0.25, 0.3) is 27.8 Å². The summed E-state index contributed by atoms with van der Waals surface area (Å²) in [5, 5.41) is 1.34. The van der Waals surface area contributed by atoms with E-state index in [1.165, 1.54) is 98.1 Å². The van der Waals surface area contributed by atoms with E-state index in [-0.39, 0.29) is 23.1 Å². The molecule has 270 valence electrons. The minimum Gasteiger partial charge on any atom is -0.335 e. The van der Waals surface area contributed by atoms with Gasteiger partial charge in [0.2, 0.25) is 0 Å². The summed E-state index contributed by atoms with van der Waals surface area (Å²) in [5.41, 5.74) is 20.2. The minimum absolute atomic E-state index is 0.0250. The van der Waals surface area contributed by atoms with E-state index in [2.05, 4.69) is 189 Å². The molecule has 0 N–H and O–H groups in total. The first kappa shape index (κ1) is 32.9. The van der Waals surface area contributed by atoms with Gasteiger partial charge in [0.25, 0.3) is 6.71 Å². The molecule has 1 saturated carbocycles. The summed E-state index contributed by atoms with van der Waals surface area (Å²) >= 11 is 0. The van der Waals surface area contributed by atoms with Crippen LogP contribution in [0.4, 0.5) is 28.4 Å². The van der Waals surface area contributed by atoms with Crippen LogP contribution < -0.4 is 26.2 Å². The second kappa shape index (κ2) is 11.3. The Hall–Kier alpha value is -5.48. The number of fused-ring (bicyclic) bond motifs is 7. The Labute approximate surface area is 326 Å². The first-order chi connectivity index (χ1) is 26.6. The Morgan fingerprint density at radius 3 is 1.96 bits per heavy atom. The molecule has 1 aliphatic carbocycles. The van der Waals surface area contributed by atoms with Gasteiger partial charge in [-0.3, -0.25) is 0 Å². The average Bonchev–Trinajstić information content (AvgIpc) is 3.61. The number of aryl methyl sites for hydroxylation is 1. The Morgan fingerprint density at radius 1 is 0.655 bits per heavy atom. The van der Waals surface area contributed by atoms with Gasteiger partial charge in [0.1, 0.15) is 0 Å². The van der Waals surface area contributed by atoms with Crippen LogP contribution in [0, 0.1) is 6.92 Å². The van der Waals surface area contributed by atoms with Crippen molar-refractivity contribution < 1.29 is 0 Å². The maximum Gasteiger partial charge on any atom is 0.252 e. The van der Waals surface area contributed by atoms with Gasteiger partial charge in [-0.05, 0) is 107 Å². The van der Waals surface area contributed by atoms with E-state index in [1.807, 2.05) is 0 Å². The third-order valence-electron chi connectivity index (χ3n) is 14.2.